The summed E-state index contributed by atoms with van der Waals surface area (Å²) >= 11 is 0. The first-order valence-electron chi connectivity index (χ1n) is 8.44. The summed E-state index contributed by atoms with van der Waals surface area (Å²) in [7, 11) is 0. The Kier molecular flexibility index (Phi) is 5.77. The molecular formula is C18H21FN4O3. The van der Waals surface area contributed by atoms with Crippen LogP contribution in [0.2, 0.25) is 0 Å². The number of pyridine rings is 1. The number of hydrogen-bond acceptors (Lipinski definition) is 6. The number of rotatable bonds is 8. The van der Waals surface area contributed by atoms with E-state index in [4.69, 9.17) is 5.11 Å². The van der Waals surface area contributed by atoms with Gasteiger partial charge in [0, 0.05) is 30.3 Å². The molecule has 8 heteroatoms. The molecule has 2 aromatic heterocycles. The first-order valence-corrected chi connectivity index (χ1v) is 8.44. The van der Waals surface area contributed by atoms with Gasteiger partial charge >= 0.3 is 0 Å². The number of halogens is 1. The van der Waals surface area contributed by atoms with E-state index in [0.29, 0.717) is 23.4 Å². The molecule has 1 aromatic carbocycles. The first-order chi connectivity index (χ1) is 12.6. The number of aliphatic hydroxyl groups excluding tert-OH is 2. The minimum Gasteiger partial charge on any atom is -0.396 e. The van der Waals surface area contributed by atoms with Gasteiger partial charge < -0.3 is 20.6 Å². The van der Waals surface area contributed by atoms with Gasteiger partial charge in [0.25, 0.3) is 0 Å². The maximum Gasteiger partial charge on any atom is 0.180 e. The zero-order valence-corrected chi connectivity index (χ0v) is 14.1. The zero-order valence-electron chi connectivity index (χ0n) is 14.1. The molecule has 0 radical (unpaired) electrons. The third kappa shape index (κ3) is 3.98. The van der Waals surface area contributed by atoms with Crippen LogP contribution in [0.1, 0.15) is 31.1 Å². The van der Waals surface area contributed by atoms with Crippen LogP contribution in [-0.4, -0.2) is 36.7 Å². The molecule has 0 fully saturated rings. The third-order valence-corrected chi connectivity index (χ3v) is 4.13. The van der Waals surface area contributed by atoms with Gasteiger partial charge in [-0.3, -0.25) is 9.67 Å². The van der Waals surface area contributed by atoms with Gasteiger partial charge in [-0.2, -0.15) is 5.10 Å². The van der Waals surface area contributed by atoms with Crippen LogP contribution < -0.4 is 5.32 Å². The number of benzene rings is 1. The minimum absolute atomic E-state index is 0.158. The summed E-state index contributed by atoms with van der Waals surface area (Å²) in [6.45, 7) is 0.789. The van der Waals surface area contributed by atoms with Crippen molar-refractivity contribution in [2.45, 2.75) is 32.1 Å². The van der Waals surface area contributed by atoms with Gasteiger partial charge in [-0.05, 0) is 43.5 Å². The Bertz CT molecular complexity index is 882. The lowest BCUT2D eigenvalue weighted by atomic mass is 10.2. The molecule has 138 valence electrons. The number of aliphatic hydroxyl groups is 3. The Balaban J connectivity index is 1.94. The van der Waals surface area contributed by atoms with Crippen molar-refractivity contribution in [1.82, 2.24) is 14.8 Å². The average Bonchev–Trinajstić information content (AvgIpc) is 2.96. The molecule has 0 unspecified atom stereocenters. The van der Waals surface area contributed by atoms with Crippen molar-refractivity contribution in [2.75, 3.05) is 11.9 Å². The number of hydrogen-bond donors (Lipinski definition) is 4. The normalized spacial score (nSPS) is 11.4. The smallest absolute Gasteiger partial charge is 0.180 e. The molecule has 4 N–H and O–H groups in total. The summed E-state index contributed by atoms with van der Waals surface area (Å²) in [6, 6.07) is 5.92. The monoisotopic (exact) mass is 360 g/mol. The average molecular weight is 360 g/mol. The predicted octanol–water partition coefficient (Wildman–Crippen LogP) is 2.46. The summed E-state index contributed by atoms with van der Waals surface area (Å²) < 4.78 is 15.5. The summed E-state index contributed by atoms with van der Waals surface area (Å²) in [5.74, 6) is 0.0329. The van der Waals surface area contributed by atoms with Gasteiger partial charge in [-0.25, -0.2) is 4.39 Å². The molecule has 26 heavy (non-hydrogen) atoms. The summed E-state index contributed by atoms with van der Waals surface area (Å²) in [6.07, 6.45) is 3.68. The van der Waals surface area contributed by atoms with Crippen molar-refractivity contribution in [3.8, 4) is 0 Å². The quantitative estimate of drug-likeness (QED) is 0.363. The summed E-state index contributed by atoms with van der Waals surface area (Å²) in [5.41, 5.74) is 1.41. The lowest BCUT2D eigenvalue weighted by Crippen LogP contribution is -2.04. The van der Waals surface area contributed by atoms with Crippen LogP contribution >= 0.6 is 0 Å². The van der Waals surface area contributed by atoms with Crippen LogP contribution in [0.3, 0.4) is 0 Å². The Morgan fingerprint density at radius 2 is 2.00 bits per heavy atom. The standard InChI is InChI=1S/C18H21FN4O3/c19-12-4-5-16-14(10-12)17(22-23(16)8-2-1-3-9-24)21-15-11-20-7-6-13(15)18(25)26/h4-7,10-11,18,24-26H,1-3,8-9H2,(H,21,22). The zero-order chi connectivity index (χ0) is 18.5. The highest BCUT2D eigenvalue weighted by Gasteiger charge is 2.15. The Labute approximate surface area is 149 Å². The number of anilines is 2. The second-order valence-corrected chi connectivity index (χ2v) is 5.98. The van der Waals surface area contributed by atoms with E-state index in [2.05, 4.69) is 15.4 Å². The third-order valence-electron chi connectivity index (χ3n) is 4.13. The van der Waals surface area contributed by atoms with Crippen LogP contribution in [-0.2, 0) is 6.54 Å². The molecule has 0 spiro atoms. The van der Waals surface area contributed by atoms with Gasteiger partial charge in [-0.1, -0.05) is 0 Å². The number of aromatic nitrogens is 3. The molecule has 0 aliphatic carbocycles. The molecule has 0 saturated heterocycles. The SMILES string of the molecule is OCCCCCn1nc(Nc2cnccc2C(O)O)c2cc(F)ccc21. The van der Waals surface area contributed by atoms with E-state index in [-0.39, 0.29) is 18.0 Å². The molecule has 0 bridgehead atoms. The Morgan fingerprint density at radius 3 is 2.77 bits per heavy atom. The molecule has 7 nitrogen and oxygen atoms in total. The van der Waals surface area contributed by atoms with Crippen LogP contribution in [0.5, 0.6) is 0 Å². The van der Waals surface area contributed by atoms with Crippen LogP contribution in [0, 0.1) is 5.82 Å². The van der Waals surface area contributed by atoms with E-state index >= 15 is 0 Å². The van der Waals surface area contributed by atoms with Crippen molar-refractivity contribution >= 4 is 22.4 Å². The van der Waals surface area contributed by atoms with E-state index in [1.807, 2.05) is 0 Å². The van der Waals surface area contributed by atoms with Crippen molar-refractivity contribution in [1.29, 1.82) is 0 Å². The summed E-state index contributed by atoms with van der Waals surface area (Å²) in [4.78, 5) is 3.98. The van der Waals surface area contributed by atoms with Crippen LogP contribution in [0.4, 0.5) is 15.9 Å². The molecule has 0 aliphatic rings. The second kappa shape index (κ2) is 8.22. The van der Waals surface area contributed by atoms with E-state index in [0.717, 1.165) is 24.8 Å². The molecule has 0 amide bonds. The number of nitrogens with zero attached hydrogens (tertiary/aromatic N) is 3. The van der Waals surface area contributed by atoms with Crippen LogP contribution in [0.15, 0.2) is 36.7 Å². The van der Waals surface area contributed by atoms with Gasteiger partial charge in [0.15, 0.2) is 12.1 Å². The Hall–Kier alpha value is -2.55. The fraction of sp³-hybridized carbons (Fsp3) is 0.333. The molecule has 0 aliphatic heterocycles. The predicted molar refractivity (Wildman–Crippen MR) is 95.3 cm³/mol. The van der Waals surface area contributed by atoms with E-state index in [1.54, 1.807) is 10.7 Å². The van der Waals surface area contributed by atoms with E-state index in [1.165, 1.54) is 30.6 Å². The van der Waals surface area contributed by atoms with Crippen molar-refractivity contribution < 1.29 is 19.7 Å². The van der Waals surface area contributed by atoms with Gasteiger partial charge in [0.2, 0.25) is 0 Å². The Morgan fingerprint density at radius 1 is 1.15 bits per heavy atom. The molecule has 3 aromatic rings. The molecule has 0 saturated carbocycles. The number of nitrogens with one attached hydrogen (secondary N) is 1. The lowest BCUT2D eigenvalue weighted by Gasteiger charge is -2.11. The largest absolute Gasteiger partial charge is 0.396 e. The number of unbranched alkanes of at least 4 members (excludes halogenated alkanes) is 2. The molecular weight excluding hydrogens is 339 g/mol. The fourth-order valence-corrected chi connectivity index (χ4v) is 2.83. The first kappa shape index (κ1) is 18.2. The molecule has 2 heterocycles. The van der Waals surface area contributed by atoms with Gasteiger partial charge in [-0.15, -0.1) is 0 Å². The van der Waals surface area contributed by atoms with Crippen molar-refractivity contribution in [3.05, 3.63) is 48.0 Å². The topological polar surface area (TPSA) is 103 Å². The van der Waals surface area contributed by atoms with E-state index in [9.17, 15) is 14.6 Å². The minimum atomic E-state index is -1.66. The summed E-state index contributed by atoms with van der Waals surface area (Å²) in [5, 5.41) is 36.0. The maximum atomic E-state index is 13.7. The van der Waals surface area contributed by atoms with Crippen molar-refractivity contribution in [3.63, 3.8) is 0 Å². The van der Waals surface area contributed by atoms with Crippen LogP contribution in [0.25, 0.3) is 10.9 Å². The van der Waals surface area contributed by atoms with E-state index < -0.39 is 6.29 Å². The highest BCUT2D eigenvalue weighted by Crippen LogP contribution is 2.29. The second-order valence-electron chi connectivity index (χ2n) is 5.98. The molecule has 0 atom stereocenters. The van der Waals surface area contributed by atoms with Gasteiger partial charge in [0.05, 0.1) is 17.4 Å². The number of fused-ring (bicyclic) bond motifs is 1. The highest BCUT2D eigenvalue weighted by molar-refractivity contribution is 5.92. The lowest BCUT2D eigenvalue weighted by molar-refractivity contribution is -0.0419. The van der Waals surface area contributed by atoms with Gasteiger partial charge in [0.1, 0.15) is 5.82 Å². The van der Waals surface area contributed by atoms with Crippen molar-refractivity contribution in [2.24, 2.45) is 0 Å². The highest BCUT2D eigenvalue weighted by atomic mass is 19.1. The molecule has 3 rings (SSSR count). The fourth-order valence-electron chi connectivity index (χ4n) is 2.83. The number of aryl methyl sites for hydroxylation is 1. The maximum absolute atomic E-state index is 13.7.